The Kier molecular flexibility index (Phi) is 7.34. The lowest BCUT2D eigenvalue weighted by atomic mass is 10.0. The number of nitrogens with one attached hydrogen (secondary N) is 1. The Balaban J connectivity index is 1.28. The van der Waals surface area contributed by atoms with Crippen molar-refractivity contribution in [3.05, 3.63) is 88.3 Å². The second-order valence-electron chi connectivity index (χ2n) is 11.1. The molecule has 8 nitrogen and oxygen atoms in total. The number of carbonyl (C=O) groups is 1. The van der Waals surface area contributed by atoms with Crippen LogP contribution in [0.15, 0.2) is 71.7 Å². The fraction of sp³-hybridized carbons (Fsp3) is 0.375. The summed E-state index contributed by atoms with van der Waals surface area (Å²) in [6.45, 7) is 7.73. The largest absolute Gasteiger partial charge is 0.351 e. The topological polar surface area (TPSA) is 83.4 Å². The first kappa shape index (κ1) is 26.2. The molecule has 206 valence electrons. The van der Waals surface area contributed by atoms with Crippen LogP contribution in [0, 0.1) is 6.92 Å². The molecule has 2 aliphatic heterocycles. The van der Waals surface area contributed by atoms with Crippen LogP contribution < -0.4 is 10.9 Å². The van der Waals surface area contributed by atoms with Crippen molar-refractivity contribution < 1.29 is 4.79 Å². The molecular weight excluding hydrogens is 500 g/mol. The molecule has 0 aliphatic carbocycles. The number of benzene rings is 2. The first-order valence-corrected chi connectivity index (χ1v) is 14.2. The predicted octanol–water partition coefficient (Wildman–Crippen LogP) is 4.64. The molecule has 2 aromatic heterocycles. The van der Waals surface area contributed by atoms with E-state index in [1.807, 2.05) is 52.9 Å². The standard InChI is InChI=1S/C32H36N6O2/c1-22-8-6-7-11-28(22)29-18-25-19-33-32(34-26-12-15-36(16-13-26)20-24-9-4-3-5-10-24)35-30(25)38(31(29)40)27-14-17-37(21-27)23(2)39/h3-11,18-19,26-27H,12-17,20-21H2,1-2H3,(H,33,34,35)/t27-/m0/s1. The van der Waals surface area contributed by atoms with E-state index in [2.05, 4.69) is 45.5 Å². The lowest BCUT2D eigenvalue weighted by molar-refractivity contribution is -0.127. The van der Waals surface area contributed by atoms with E-state index in [-0.39, 0.29) is 23.6 Å². The molecule has 8 heteroatoms. The average molecular weight is 537 g/mol. The number of hydrogen-bond donors (Lipinski definition) is 1. The van der Waals surface area contributed by atoms with Crippen LogP contribution in [0.1, 0.15) is 43.4 Å². The number of likely N-dealkylation sites (tertiary alicyclic amines) is 2. The van der Waals surface area contributed by atoms with Crippen LogP contribution in [-0.4, -0.2) is 62.5 Å². The van der Waals surface area contributed by atoms with E-state index < -0.39 is 0 Å². The fourth-order valence-electron chi connectivity index (χ4n) is 6.09. The van der Waals surface area contributed by atoms with E-state index in [0.29, 0.717) is 30.2 Å². The summed E-state index contributed by atoms with van der Waals surface area (Å²) >= 11 is 0. The second kappa shape index (κ2) is 11.2. The van der Waals surface area contributed by atoms with Crippen molar-refractivity contribution in [1.82, 2.24) is 24.3 Å². The van der Waals surface area contributed by atoms with Crippen molar-refractivity contribution >= 4 is 22.9 Å². The van der Waals surface area contributed by atoms with Gasteiger partial charge in [-0.05, 0) is 48.9 Å². The zero-order chi connectivity index (χ0) is 27.6. The Morgan fingerprint density at radius 1 is 0.975 bits per heavy atom. The van der Waals surface area contributed by atoms with Crippen molar-refractivity contribution in [2.45, 2.75) is 51.7 Å². The lowest BCUT2D eigenvalue weighted by Gasteiger charge is -2.32. The third-order valence-electron chi connectivity index (χ3n) is 8.35. The Labute approximate surface area is 234 Å². The van der Waals surface area contributed by atoms with Crippen molar-refractivity contribution in [3.8, 4) is 11.1 Å². The van der Waals surface area contributed by atoms with Crippen molar-refractivity contribution in [2.24, 2.45) is 0 Å². The van der Waals surface area contributed by atoms with Crippen molar-refractivity contribution in [1.29, 1.82) is 0 Å². The van der Waals surface area contributed by atoms with Gasteiger partial charge in [-0.1, -0.05) is 54.6 Å². The number of fused-ring (bicyclic) bond motifs is 1. The maximum Gasteiger partial charge on any atom is 0.260 e. The number of carbonyl (C=O) groups excluding carboxylic acids is 1. The molecule has 0 unspecified atom stereocenters. The highest BCUT2D eigenvalue weighted by atomic mass is 16.2. The first-order chi connectivity index (χ1) is 19.5. The quantitative estimate of drug-likeness (QED) is 0.387. The third-order valence-corrected chi connectivity index (χ3v) is 8.35. The van der Waals surface area contributed by atoms with Gasteiger partial charge in [-0.15, -0.1) is 0 Å². The number of aromatic nitrogens is 3. The number of pyridine rings is 1. The monoisotopic (exact) mass is 536 g/mol. The number of aryl methyl sites for hydroxylation is 1. The van der Waals surface area contributed by atoms with Crippen LogP contribution in [-0.2, 0) is 11.3 Å². The van der Waals surface area contributed by atoms with Crippen molar-refractivity contribution in [3.63, 3.8) is 0 Å². The molecule has 0 bridgehead atoms. The molecule has 0 spiro atoms. The number of rotatable bonds is 6. The van der Waals surface area contributed by atoms with Gasteiger partial charge in [-0.25, -0.2) is 4.98 Å². The Morgan fingerprint density at radius 2 is 1.73 bits per heavy atom. The highest BCUT2D eigenvalue weighted by Gasteiger charge is 2.29. The number of anilines is 1. The van der Waals surface area contributed by atoms with Gasteiger partial charge in [0.1, 0.15) is 5.65 Å². The minimum Gasteiger partial charge on any atom is -0.351 e. The Hall–Kier alpha value is -4.04. The zero-order valence-corrected chi connectivity index (χ0v) is 23.2. The van der Waals surface area contributed by atoms with E-state index in [0.717, 1.165) is 55.4 Å². The number of piperidine rings is 1. The molecule has 0 radical (unpaired) electrons. The van der Waals surface area contributed by atoms with Crippen LogP contribution in [0.5, 0.6) is 0 Å². The van der Waals surface area contributed by atoms with Gasteiger partial charge in [0.05, 0.1) is 6.04 Å². The molecule has 1 atom stereocenters. The van der Waals surface area contributed by atoms with E-state index in [1.54, 1.807) is 6.92 Å². The summed E-state index contributed by atoms with van der Waals surface area (Å²) in [5, 5.41) is 4.37. The summed E-state index contributed by atoms with van der Waals surface area (Å²) in [5.41, 5.74) is 4.48. The minimum absolute atomic E-state index is 0.0329. The lowest BCUT2D eigenvalue weighted by Crippen LogP contribution is -2.39. The molecule has 2 saturated heterocycles. The number of amides is 1. The van der Waals surface area contributed by atoms with Gasteiger partial charge in [0, 0.05) is 62.8 Å². The normalized spacial score (nSPS) is 18.4. The van der Waals surface area contributed by atoms with Crippen molar-refractivity contribution in [2.75, 3.05) is 31.5 Å². The summed E-state index contributed by atoms with van der Waals surface area (Å²) in [6.07, 6.45) is 4.55. The fourth-order valence-corrected chi connectivity index (χ4v) is 6.09. The zero-order valence-electron chi connectivity index (χ0n) is 23.2. The predicted molar refractivity (Wildman–Crippen MR) is 158 cm³/mol. The summed E-state index contributed by atoms with van der Waals surface area (Å²) in [5.74, 6) is 0.581. The highest BCUT2D eigenvalue weighted by molar-refractivity contribution is 5.82. The van der Waals surface area contributed by atoms with Crippen LogP contribution in [0.4, 0.5) is 5.95 Å². The summed E-state index contributed by atoms with van der Waals surface area (Å²) in [7, 11) is 0. The Morgan fingerprint density at radius 3 is 2.45 bits per heavy atom. The number of nitrogens with zero attached hydrogens (tertiary/aromatic N) is 5. The van der Waals surface area contributed by atoms with Gasteiger partial charge in [-0.3, -0.25) is 19.1 Å². The van der Waals surface area contributed by atoms with E-state index in [4.69, 9.17) is 4.98 Å². The molecule has 2 fully saturated rings. The van der Waals surface area contributed by atoms with E-state index in [9.17, 15) is 9.59 Å². The molecule has 2 aromatic carbocycles. The molecule has 6 rings (SSSR count). The minimum atomic E-state index is -0.133. The highest BCUT2D eigenvalue weighted by Crippen LogP contribution is 2.29. The maximum atomic E-state index is 14.1. The molecule has 4 aromatic rings. The van der Waals surface area contributed by atoms with Gasteiger partial charge in [0.15, 0.2) is 0 Å². The van der Waals surface area contributed by atoms with E-state index in [1.165, 1.54) is 5.56 Å². The average Bonchev–Trinajstić information content (AvgIpc) is 3.45. The summed E-state index contributed by atoms with van der Waals surface area (Å²) < 4.78 is 1.81. The maximum absolute atomic E-state index is 14.1. The molecular formula is C32H36N6O2. The van der Waals surface area contributed by atoms with Gasteiger partial charge in [0.25, 0.3) is 5.56 Å². The van der Waals surface area contributed by atoms with E-state index >= 15 is 0 Å². The van der Waals surface area contributed by atoms with Gasteiger partial charge in [0.2, 0.25) is 11.9 Å². The van der Waals surface area contributed by atoms with Gasteiger partial charge >= 0.3 is 0 Å². The van der Waals surface area contributed by atoms with Crippen LogP contribution >= 0.6 is 0 Å². The smallest absolute Gasteiger partial charge is 0.260 e. The summed E-state index contributed by atoms with van der Waals surface area (Å²) in [4.78, 5) is 40.0. The molecule has 1 amide bonds. The third kappa shape index (κ3) is 5.36. The van der Waals surface area contributed by atoms with Crippen LogP contribution in [0.3, 0.4) is 0 Å². The Bertz CT molecular complexity index is 1580. The molecule has 2 aliphatic rings. The van der Waals surface area contributed by atoms with Gasteiger partial charge in [-0.2, -0.15) is 4.98 Å². The van der Waals surface area contributed by atoms with Gasteiger partial charge < -0.3 is 10.2 Å². The first-order valence-electron chi connectivity index (χ1n) is 14.2. The molecule has 4 heterocycles. The molecule has 40 heavy (non-hydrogen) atoms. The summed E-state index contributed by atoms with van der Waals surface area (Å²) in [6, 6.07) is 20.6. The molecule has 0 saturated carbocycles. The van der Waals surface area contributed by atoms with Crippen LogP contribution in [0.25, 0.3) is 22.2 Å². The second-order valence-corrected chi connectivity index (χ2v) is 11.1. The van der Waals surface area contributed by atoms with Crippen LogP contribution in [0.2, 0.25) is 0 Å². The SMILES string of the molecule is CC(=O)N1CC[C@H](n2c(=O)c(-c3ccccc3C)cc3cnc(NC4CCN(Cc5ccccc5)CC4)nc32)C1. The number of hydrogen-bond acceptors (Lipinski definition) is 6. The molecule has 1 N–H and O–H groups in total.